The van der Waals surface area contributed by atoms with Crippen LogP contribution in [0.15, 0.2) is 10.2 Å². The standard InChI is InChI=1S/C12H16N4O4/c1-11(7-13,5-3-9(17)18)15-16-12(2,8-14)6-4-10(19)20/h3-6H2,1-2H3,(H,17,18)(H,19,20)/t11-,12-/m0/s1. The topological polar surface area (TPSA) is 147 Å². The van der Waals surface area contributed by atoms with E-state index < -0.39 is 23.0 Å². The predicted molar refractivity (Wildman–Crippen MR) is 66.6 cm³/mol. The van der Waals surface area contributed by atoms with E-state index in [1.54, 1.807) is 0 Å². The van der Waals surface area contributed by atoms with E-state index in [0.29, 0.717) is 0 Å². The molecule has 0 aliphatic carbocycles. The fourth-order valence-electron chi connectivity index (χ4n) is 1.18. The molecule has 0 unspecified atom stereocenters. The van der Waals surface area contributed by atoms with E-state index in [1.165, 1.54) is 13.8 Å². The molecule has 20 heavy (non-hydrogen) atoms. The molecular weight excluding hydrogens is 264 g/mol. The summed E-state index contributed by atoms with van der Waals surface area (Å²) in [5.41, 5.74) is -2.69. The van der Waals surface area contributed by atoms with E-state index in [2.05, 4.69) is 10.2 Å². The number of rotatable bonds is 8. The Hall–Kier alpha value is -2.48. The predicted octanol–water partition coefficient (Wildman–Crippen LogP) is 1.73. The van der Waals surface area contributed by atoms with E-state index in [9.17, 15) is 9.59 Å². The van der Waals surface area contributed by atoms with Gasteiger partial charge in [0.15, 0.2) is 11.1 Å². The Labute approximate surface area is 116 Å². The lowest BCUT2D eigenvalue weighted by molar-refractivity contribution is -0.138. The maximum absolute atomic E-state index is 10.5. The van der Waals surface area contributed by atoms with Gasteiger partial charge in [0.1, 0.15) is 0 Å². The summed E-state index contributed by atoms with van der Waals surface area (Å²) in [7, 11) is 0. The third kappa shape index (κ3) is 6.45. The molecule has 0 fully saturated rings. The molecule has 8 nitrogen and oxygen atoms in total. The van der Waals surface area contributed by atoms with Gasteiger partial charge in [0.2, 0.25) is 0 Å². The van der Waals surface area contributed by atoms with Gasteiger partial charge in [-0.2, -0.15) is 20.8 Å². The highest BCUT2D eigenvalue weighted by Gasteiger charge is 2.29. The van der Waals surface area contributed by atoms with Gasteiger partial charge in [-0.25, -0.2) is 0 Å². The summed E-state index contributed by atoms with van der Waals surface area (Å²) in [5, 5.41) is 42.7. The molecule has 0 rings (SSSR count). The Balaban J connectivity index is 4.92. The van der Waals surface area contributed by atoms with E-state index >= 15 is 0 Å². The molecule has 0 spiro atoms. The van der Waals surface area contributed by atoms with Gasteiger partial charge in [0, 0.05) is 12.8 Å². The molecule has 0 aliphatic heterocycles. The average molecular weight is 280 g/mol. The van der Waals surface area contributed by atoms with Crippen LogP contribution in [0.4, 0.5) is 0 Å². The lowest BCUT2D eigenvalue weighted by Crippen LogP contribution is -2.25. The van der Waals surface area contributed by atoms with Crippen molar-refractivity contribution in [2.75, 3.05) is 0 Å². The van der Waals surface area contributed by atoms with Crippen LogP contribution in [0.1, 0.15) is 39.5 Å². The van der Waals surface area contributed by atoms with Crippen molar-refractivity contribution in [3.05, 3.63) is 0 Å². The monoisotopic (exact) mass is 280 g/mol. The van der Waals surface area contributed by atoms with Gasteiger partial charge in [0.25, 0.3) is 0 Å². The molecule has 2 N–H and O–H groups in total. The average Bonchev–Trinajstić information content (AvgIpc) is 2.41. The van der Waals surface area contributed by atoms with Crippen LogP contribution in [-0.2, 0) is 9.59 Å². The van der Waals surface area contributed by atoms with E-state index in [4.69, 9.17) is 20.7 Å². The number of azo groups is 1. The maximum Gasteiger partial charge on any atom is 0.303 e. The highest BCUT2D eigenvalue weighted by Crippen LogP contribution is 2.23. The Morgan fingerprint density at radius 3 is 1.45 bits per heavy atom. The number of carboxylic acid groups (broad SMARTS) is 2. The molecule has 0 saturated carbocycles. The van der Waals surface area contributed by atoms with E-state index in [1.807, 2.05) is 12.1 Å². The summed E-state index contributed by atoms with van der Waals surface area (Å²) in [6.07, 6.45) is -0.575. The second-order valence-electron chi connectivity index (χ2n) is 4.76. The van der Waals surface area contributed by atoms with Crippen molar-refractivity contribution >= 4 is 11.9 Å². The summed E-state index contributed by atoms with van der Waals surface area (Å²) in [5.74, 6) is -2.12. The van der Waals surface area contributed by atoms with E-state index in [-0.39, 0.29) is 25.7 Å². The molecule has 0 aromatic rings. The summed E-state index contributed by atoms with van der Waals surface area (Å²) >= 11 is 0. The van der Waals surface area contributed by atoms with Gasteiger partial charge in [-0.1, -0.05) is 0 Å². The van der Waals surface area contributed by atoms with Crippen molar-refractivity contribution < 1.29 is 19.8 Å². The van der Waals surface area contributed by atoms with Crippen molar-refractivity contribution in [3.63, 3.8) is 0 Å². The number of hydrogen-bond acceptors (Lipinski definition) is 6. The zero-order chi connectivity index (χ0) is 15.8. The first-order valence-electron chi connectivity index (χ1n) is 5.86. The molecule has 2 atom stereocenters. The Morgan fingerprint density at radius 2 is 1.25 bits per heavy atom. The molecular formula is C12H16N4O4. The lowest BCUT2D eigenvalue weighted by Gasteiger charge is -2.18. The van der Waals surface area contributed by atoms with Crippen LogP contribution >= 0.6 is 0 Å². The minimum Gasteiger partial charge on any atom is -0.481 e. The van der Waals surface area contributed by atoms with Gasteiger partial charge in [-0.15, -0.1) is 0 Å². The van der Waals surface area contributed by atoms with Crippen LogP contribution in [0.5, 0.6) is 0 Å². The van der Waals surface area contributed by atoms with Crippen molar-refractivity contribution in [1.29, 1.82) is 10.5 Å². The number of aliphatic carboxylic acids is 2. The van der Waals surface area contributed by atoms with Crippen LogP contribution in [0.2, 0.25) is 0 Å². The third-order valence-electron chi connectivity index (χ3n) is 2.62. The maximum atomic E-state index is 10.5. The molecule has 0 bridgehead atoms. The molecule has 0 amide bonds. The zero-order valence-electron chi connectivity index (χ0n) is 11.3. The first-order valence-corrected chi connectivity index (χ1v) is 5.86. The summed E-state index contributed by atoms with van der Waals surface area (Å²) < 4.78 is 0. The minimum atomic E-state index is -1.35. The van der Waals surface area contributed by atoms with Crippen molar-refractivity contribution in [2.24, 2.45) is 10.2 Å². The van der Waals surface area contributed by atoms with Crippen LogP contribution in [0, 0.1) is 22.7 Å². The van der Waals surface area contributed by atoms with Crippen molar-refractivity contribution in [1.82, 2.24) is 0 Å². The molecule has 0 saturated heterocycles. The SMILES string of the molecule is C[C@@](C#N)(CCC(=O)O)N=N[C@](C)(C#N)CCC(=O)O. The molecule has 108 valence electrons. The number of carboxylic acids is 2. The van der Waals surface area contributed by atoms with Gasteiger partial charge < -0.3 is 10.2 Å². The Morgan fingerprint density at radius 1 is 0.950 bits per heavy atom. The van der Waals surface area contributed by atoms with Crippen LogP contribution in [-0.4, -0.2) is 33.2 Å². The lowest BCUT2D eigenvalue weighted by atomic mass is 9.97. The largest absolute Gasteiger partial charge is 0.481 e. The summed E-state index contributed by atoms with van der Waals surface area (Å²) in [6, 6.07) is 3.69. The Bertz CT molecular complexity index is 447. The summed E-state index contributed by atoms with van der Waals surface area (Å²) in [6.45, 7) is 2.82. The van der Waals surface area contributed by atoms with Gasteiger partial charge in [0.05, 0.1) is 12.1 Å². The number of nitrogens with zero attached hydrogens (tertiary/aromatic N) is 4. The van der Waals surface area contributed by atoms with Crippen molar-refractivity contribution in [2.45, 2.75) is 50.6 Å². The highest BCUT2D eigenvalue weighted by atomic mass is 16.4. The fraction of sp³-hybridized carbons (Fsp3) is 0.667. The molecule has 0 aromatic heterocycles. The quantitative estimate of drug-likeness (QED) is 0.647. The van der Waals surface area contributed by atoms with Gasteiger partial charge in [-0.05, 0) is 26.7 Å². The first-order chi connectivity index (χ1) is 9.16. The third-order valence-corrected chi connectivity index (χ3v) is 2.62. The molecule has 0 heterocycles. The van der Waals surface area contributed by atoms with Crippen molar-refractivity contribution in [3.8, 4) is 12.1 Å². The Kier molecular flexibility index (Phi) is 6.30. The number of nitriles is 2. The normalized spacial score (nSPS) is 16.6. The summed E-state index contributed by atoms with van der Waals surface area (Å²) in [4.78, 5) is 21.0. The molecule has 8 heteroatoms. The van der Waals surface area contributed by atoms with Crippen LogP contribution in [0.25, 0.3) is 0 Å². The van der Waals surface area contributed by atoms with Gasteiger partial charge in [-0.3, -0.25) is 9.59 Å². The smallest absolute Gasteiger partial charge is 0.303 e. The van der Waals surface area contributed by atoms with E-state index in [0.717, 1.165) is 0 Å². The van der Waals surface area contributed by atoms with Crippen LogP contribution < -0.4 is 0 Å². The fourth-order valence-corrected chi connectivity index (χ4v) is 1.18. The number of carbonyl (C=O) groups is 2. The van der Waals surface area contributed by atoms with Gasteiger partial charge >= 0.3 is 11.9 Å². The number of hydrogen-bond donors (Lipinski definition) is 2. The molecule has 0 aliphatic rings. The molecule has 0 aromatic carbocycles. The zero-order valence-corrected chi connectivity index (χ0v) is 11.3. The highest BCUT2D eigenvalue weighted by molar-refractivity contribution is 5.67. The first kappa shape index (κ1) is 17.5. The second-order valence-corrected chi connectivity index (χ2v) is 4.76. The second kappa shape index (κ2) is 7.19. The van der Waals surface area contributed by atoms with Crippen LogP contribution in [0.3, 0.4) is 0 Å². The minimum absolute atomic E-state index is 0.0389. The molecule has 0 radical (unpaired) electrons.